The van der Waals surface area contributed by atoms with Crippen LogP contribution in [0.2, 0.25) is 0 Å². The molecule has 13 nitrogen and oxygen atoms in total. The summed E-state index contributed by atoms with van der Waals surface area (Å²) in [6.07, 6.45) is 0. The van der Waals surface area contributed by atoms with Crippen molar-refractivity contribution in [1.82, 2.24) is 0 Å². The van der Waals surface area contributed by atoms with Gasteiger partial charge in [-0.25, -0.2) is 0 Å². The molecule has 9 N–H and O–H groups in total. The average molecular weight is 451 g/mol. The Bertz CT molecular complexity index is 472. The van der Waals surface area contributed by atoms with Crippen LogP contribution in [0.5, 0.6) is 0 Å². The maximum atomic E-state index is 10.3. The van der Waals surface area contributed by atoms with Gasteiger partial charge in [0.05, 0.1) is 0 Å². The van der Waals surface area contributed by atoms with Gasteiger partial charge in [0.1, 0.15) is 0 Å². The van der Waals surface area contributed by atoms with Gasteiger partial charge in [-0.2, -0.15) is 0 Å². The molecular formula is C3H12Cl2O13P4. The van der Waals surface area contributed by atoms with Crippen molar-refractivity contribution in [2.75, 3.05) is 0 Å². The van der Waals surface area contributed by atoms with Crippen molar-refractivity contribution in [1.29, 1.82) is 0 Å². The number of aliphatic hydroxyl groups is 1. The second-order valence-corrected chi connectivity index (χ2v) is 14.2. The minimum atomic E-state index is -5.22. The lowest BCUT2D eigenvalue weighted by atomic mass is 10.9. The molecule has 0 atom stereocenters. The molecule has 0 aromatic rings. The number of hydrogen-bond acceptors (Lipinski definition) is 5. The van der Waals surface area contributed by atoms with Gasteiger partial charge < -0.3 is 44.3 Å². The van der Waals surface area contributed by atoms with Crippen LogP contribution in [0.15, 0.2) is 0 Å². The highest BCUT2D eigenvalue weighted by atomic mass is 35.5. The fourth-order valence-electron chi connectivity index (χ4n) is 0.339. The van der Waals surface area contributed by atoms with Gasteiger partial charge in [0.15, 0.2) is 0 Å². The SMILES string of the molecule is CC(O)(P(=O)(O)O)P(=O)(O)O.O=P(O)(O)C(Cl)(Cl)P(=O)(O)O. The number of hydrogen-bond donors (Lipinski definition) is 9. The second kappa shape index (κ2) is 7.17. The van der Waals surface area contributed by atoms with Gasteiger partial charge in [0.25, 0.3) is 5.08 Å². The summed E-state index contributed by atoms with van der Waals surface area (Å²) in [7, 11) is -20.8. The minimum Gasteiger partial charge on any atom is -0.368 e. The molecular weight excluding hydrogens is 439 g/mol. The molecule has 0 bridgehead atoms. The smallest absolute Gasteiger partial charge is 0.368 e. The van der Waals surface area contributed by atoms with Gasteiger partial charge in [0, 0.05) is 0 Å². The van der Waals surface area contributed by atoms with Crippen molar-refractivity contribution in [3.05, 3.63) is 0 Å². The predicted molar refractivity (Wildman–Crippen MR) is 73.2 cm³/mol. The first-order chi connectivity index (χ1) is 9.00. The Balaban J connectivity index is 0. The van der Waals surface area contributed by atoms with Crippen LogP contribution in [0.1, 0.15) is 6.92 Å². The Morgan fingerprint density at radius 3 is 0.818 bits per heavy atom. The molecule has 0 fully saturated rings. The Kier molecular flexibility index (Phi) is 8.28. The van der Waals surface area contributed by atoms with Crippen molar-refractivity contribution < 1.29 is 62.5 Å². The summed E-state index contributed by atoms with van der Waals surface area (Å²) in [4.78, 5) is 65.9. The van der Waals surface area contributed by atoms with Gasteiger partial charge >= 0.3 is 34.2 Å². The van der Waals surface area contributed by atoms with Gasteiger partial charge in [-0.3, -0.25) is 18.3 Å². The van der Waals surface area contributed by atoms with Gasteiger partial charge in [-0.15, -0.1) is 0 Å². The van der Waals surface area contributed by atoms with Gasteiger partial charge in [0.2, 0.25) is 0 Å². The van der Waals surface area contributed by atoms with E-state index in [0.29, 0.717) is 6.92 Å². The van der Waals surface area contributed by atoms with Gasteiger partial charge in [-0.05, 0) is 6.92 Å². The molecule has 0 unspecified atom stereocenters. The van der Waals surface area contributed by atoms with Crippen LogP contribution in [0.3, 0.4) is 0 Å². The van der Waals surface area contributed by atoms with E-state index in [-0.39, 0.29) is 0 Å². The summed E-state index contributed by atoms with van der Waals surface area (Å²) in [5.74, 6) is 0. The Hall–Kier alpha value is 1.14. The largest absolute Gasteiger partial charge is 0.373 e. The van der Waals surface area contributed by atoms with E-state index in [2.05, 4.69) is 0 Å². The molecule has 0 heterocycles. The Morgan fingerprint density at radius 2 is 0.818 bits per heavy atom. The van der Waals surface area contributed by atoms with Crippen molar-refractivity contribution in [2.45, 2.75) is 15.8 Å². The Morgan fingerprint density at radius 1 is 0.636 bits per heavy atom. The van der Waals surface area contributed by atoms with E-state index in [1.807, 2.05) is 0 Å². The highest BCUT2D eigenvalue weighted by Gasteiger charge is 2.58. The van der Waals surface area contributed by atoms with E-state index in [4.69, 9.17) is 67.5 Å². The zero-order valence-electron chi connectivity index (χ0n) is 10.2. The zero-order valence-corrected chi connectivity index (χ0v) is 15.3. The molecule has 0 aliphatic heterocycles. The van der Waals surface area contributed by atoms with E-state index >= 15 is 0 Å². The molecule has 19 heteroatoms. The third-order valence-electron chi connectivity index (χ3n) is 1.80. The quantitative estimate of drug-likeness (QED) is 0.192. The van der Waals surface area contributed by atoms with Crippen LogP contribution in [0, 0.1) is 0 Å². The molecule has 136 valence electrons. The minimum absolute atomic E-state index is 0.383. The molecule has 0 amide bonds. The first-order valence-corrected chi connectivity index (χ1v) is 11.5. The fourth-order valence-corrected chi connectivity index (χ4v) is 3.05. The lowest BCUT2D eigenvalue weighted by molar-refractivity contribution is 0.146. The summed E-state index contributed by atoms with van der Waals surface area (Å²) in [5, 5.41) is 5.37. The number of alkyl halides is 2. The highest BCUT2D eigenvalue weighted by molar-refractivity contribution is 7.78. The monoisotopic (exact) mass is 450 g/mol. The molecule has 0 aromatic heterocycles. The highest BCUT2D eigenvalue weighted by Crippen LogP contribution is 2.73. The summed E-state index contributed by atoms with van der Waals surface area (Å²) >= 11 is 9.46. The first kappa shape index (κ1) is 25.4. The fraction of sp³-hybridized carbons (Fsp3) is 1.00. The summed E-state index contributed by atoms with van der Waals surface area (Å²) in [5.41, 5.74) is 0. The van der Waals surface area contributed by atoms with Crippen LogP contribution in [0.25, 0.3) is 0 Å². The van der Waals surface area contributed by atoms with E-state index < -0.39 is 39.3 Å². The van der Waals surface area contributed by atoms with Gasteiger partial charge in [-0.1, -0.05) is 23.2 Å². The lowest BCUT2D eigenvalue weighted by Gasteiger charge is -2.24. The molecule has 0 aliphatic rings. The standard InChI is InChI=1S/C2H8O7P2.CH4Cl2O6P2/c1-2(3,10(4,5)6)11(7,8)9;2-1(3,10(4,5)6)11(7,8)9/h3H,1H3,(H2,4,5,6)(H2,7,8,9);(H2,4,5,6)(H2,7,8,9). The molecule has 0 spiro atoms. The molecule has 0 aliphatic carbocycles. The van der Waals surface area contributed by atoms with Crippen LogP contribution < -0.4 is 0 Å². The molecule has 0 aromatic carbocycles. The van der Waals surface area contributed by atoms with Crippen molar-refractivity contribution in [2.24, 2.45) is 0 Å². The van der Waals surface area contributed by atoms with Crippen LogP contribution in [-0.4, -0.2) is 53.2 Å². The third-order valence-corrected chi connectivity index (χ3v) is 11.2. The van der Waals surface area contributed by atoms with Crippen molar-refractivity contribution >= 4 is 53.6 Å². The summed E-state index contributed by atoms with van der Waals surface area (Å²) in [6.45, 7) is 0.383. The first-order valence-electron chi connectivity index (χ1n) is 4.33. The molecule has 22 heavy (non-hydrogen) atoms. The lowest BCUT2D eigenvalue weighted by Crippen LogP contribution is -2.23. The maximum Gasteiger partial charge on any atom is 0.373 e. The Labute approximate surface area is 132 Å². The molecule has 0 saturated carbocycles. The number of halogens is 2. The number of rotatable bonds is 4. The van der Waals surface area contributed by atoms with E-state index in [0.717, 1.165) is 0 Å². The zero-order chi connectivity index (χ0) is 19.0. The predicted octanol–water partition coefficient (Wildman–Crippen LogP) is -0.562. The molecule has 0 rings (SSSR count). The third kappa shape index (κ3) is 6.22. The summed E-state index contributed by atoms with van der Waals surface area (Å²) in [6, 6.07) is 0. The molecule has 0 radical (unpaired) electrons. The summed E-state index contributed by atoms with van der Waals surface area (Å²) < 4.78 is 37.6. The second-order valence-electron chi connectivity index (χ2n) is 3.66. The maximum absolute atomic E-state index is 10.3. The topological polar surface area (TPSA) is 250 Å². The average Bonchev–Trinajstić information content (AvgIpc) is 2.10. The van der Waals surface area contributed by atoms with Crippen LogP contribution in [0.4, 0.5) is 0 Å². The van der Waals surface area contributed by atoms with Crippen molar-refractivity contribution in [3.8, 4) is 0 Å². The normalized spacial score (nSPS) is 15.1. The van der Waals surface area contributed by atoms with E-state index in [1.165, 1.54) is 0 Å². The van der Waals surface area contributed by atoms with E-state index in [9.17, 15) is 18.3 Å². The van der Waals surface area contributed by atoms with Crippen molar-refractivity contribution in [3.63, 3.8) is 0 Å². The molecule has 0 saturated heterocycles. The van der Waals surface area contributed by atoms with Crippen LogP contribution in [-0.2, 0) is 18.3 Å². The van der Waals surface area contributed by atoms with Crippen LogP contribution >= 0.6 is 53.6 Å². The van der Waals surface area contributed by atoms with E-state index in [1.54, 1.807) is 0 Å².